The third-order valence-corrected chi connectivity index (χ3v) is 4.64. The van der Waals surface area contributed by atoms with E-state index in [-0.39, 0.29) is 11.9 Å². The molecule has 2 aromatic rings. The monoisotopic (exact) mass is 309 g/mol. The SMILES string of the molecule is Cc1cccc(NC(=O)[C@@H](C)[NH2+][C@@H]2CCCc3ccccc32)c1. The smallest absolute Gasteiger partial charge is 0.282 e. The van der Waals surface area contributed by atoms with E-state index in [1.54, 1.807) is 0 Å². The molecule has 0 heterocycles. The van der Waals surface area contributed by atoms with Gasteiger partial charge in [0.1, 0.15) is 6.04 Å². The highest BCUT2D eigenvalue weighted by Crippen LogP contribution is 2.26. The van der Waals surface area contributed by atoms with Crippen molar-refractivity contribution in [2.24, 2.45) is 0 Å². The molecule has 0 bridgehead atoms. The van der Waals surface area contributed by atoms with Gasteiger partial charge in [-0.05, 0) is 49.9 Å². The second kappa shape index (κ2) is 6.97. The van der Waals surface area contributed by atoms with E-state index in [2.05, 4.69) is 34.9 Å². The minimum atomic E-state index is -0.105. The van der Waals surface area contributed by atoms with Crippen molar-refractivity contribution in [3.8, 4) is 0 Å². The summed E-state index contributed by atoms with van der Waals surface area (Å²) in [5.74, 6) is 0.0682. The summed E-state index contributed by atoms with van der Waals surface area (Å²) in [5, 5.41) is 5.24. The summed E-state index contributed by atoms with van der Waals surface area (Å²) in [5.41, 5.74) is 4.86. The van der Waals surface area contributed by atoms with Crippen molar-refractivity contribution in [3.63, 3.8) is 0 Å². The zero-order valence-electron chi connectivity index (χ0n) is 13.9. The molecule has 1 amide bonds. The van der Waals surface area contributed by atoms with Crippen molar-refractivity contribution in [2.45, 2.75) is 45.2 Å². The largest absolute Gasteiger partial charge is 0.330 e. The predicted molar refractivity (Wildman–Crippen MR) is 93.3 cm³/mol. The van der Waals surface area contributed by atoms with Gasteiger partial charge in [0.15, 0.2) is 6.04 Å². The number of anilines is 1. The normalized spacial score (nSPS) is 18.1. The van der Waals surface area contributed by atoms with Crippen LogP contribution >= 0.6 is 0 Å². The number of hydrogen-bond acceptors (Lipinski definition) is 1. The quantitative estimate of drug-likeness (QED) is 0.896. The van der Waals surface area contributed by atoms with Crippen LogP contribution in [0.1, 0.15) is 42.5 Å². The summed E-state index contributed by atoms with van der Waals surface area (Å²) in [4.78, 5) is 12.5. The number of fused-ring (bicyclic) bond motifs is 1. The van der Waals surface area contributed by atoms with E-state index in [0.717, 1.165) is 24.1 Å². The molecular formula is C20H25N2O+. The number of carbonyl (C=O) groups is 1. The van der Waals surface area contributed by atoms with Gasteiger partial charge in [-0.25, -0.2) is 0 Å². The Labute approximate surface area is 138 Å². The first-order valence-electron chi connectivity index (χ1n) is 8.44. The molecular weight excluding hydrogens is 284 g/mol. The maximum Gasteiger partial charge on any atom is 0.282 e. The number of aryl methyl sites for hydroxylation is 2. The van der Waals surface area contributed by atoms with Gasteiger partial charge in [0.25, 0.3) is 5.91 Å². The van der Waals surface area contributed by atoms with Gasteiger partial charge in [-0.2, -0.15) is 0 Å². The number of carbonyl (C=O) groups excluding carboxylic acids is 1. The van der Waals surface area contributed by atoms with Crippen LogP contribution in [0.25, 0.3) is 0 Å². The van der Waals surface area contributed by atoms with Crippen LogP contribution in [0.2, 0.25) is 0 Å². The van der Waals surface area contributed by atoms with Crippen molar-refractivity contribution in [1.29, 1.82) is 0 Å². The van der Waals surface area contributed by atoms with E-state index in [1.165, 1.54) is 17.5 Å². The molecule has 0 unspecified atom stereocenters. The Balaban J connectivity index is 1.65. The lowest BCUT2D eigenvalue weighted by Gasteiger charge is -2.26. The van der Waals surface area contributed by atoms with E-state index < -0.39 is 0 Å². The number of hydrogen-bond donors (Lipinski definition) is 2. The van der Waals surface area contributed by atoms with Gasteiger partial charge in [0.2, 0.25) is 0 Å². The van der Waals surface area contributed by atoms with E-state index in [1.807, 2.05) is 38.1 Å². The second-order valence-electron chi connectivity index (χ2n) is 6.54. The van der Waals surface area contributed by atoms with Crippen molar-refractivity contribution in [1.82, 2.24) is 0 Å². The van der Waals surface area contributed by atoms with E-state index in [4.69, 9.17) is 0 Å². The Morgan fingerprint density at radius 1 is 1.22 bits per heavy atom. The van der Waals surface area contributed by atoms with E-state index in [0.29, 0.717) is 6.04 Å². The van der Waals surface area contributed by atoms with Gasteiger partial charge in [-0.3, -0.25) is 4.79 Å². The van der Waals surface area contributed by atoms with Gasteiger partial charge in [0, 0.05) is 17.7 Å². The van der Waals surface area contributed by atoms with Crippen LogP contribution in [-0.4, -0.2) is 11.9 Å². The minimum Gasteiger partial charge on any atom is -0.330 e. The van der Waals surface area contributed by atoms with Crippen LogP contribution in [0.3, 0.4) is 0 Å². The average molecular weight is 309 g/mol. The van der Waals surface area contributed by atoms with Crippen LogP contribution in [0.5, 0.6) is 0 Å². The molecule has 3 heteroatoms. The fourth-order valence-electron chi connectivity index (χ4n) is 3.41. The van der Waals surface area contributed by atoms with Gasteiger partial charge in [-0.1, -0.05) is 36.4 Å². The van der Waals surface area contributed by atoms with Crippen molar-refractivity contribution >= 4 is 11.6 Å². The number of rotatable bonds is 4. The summed E-state index contributed by atoms with van der Waals surface area (Å²) in [7, 11) is 0. The Bertz CT molecular complexity index is 696. The van der Waals surface area contributed by atoms with Crippen LogP contribution in [0.4, 0.5) is 5.69 Å². The van der Waals surface area contributed by atoms with Gasteiger partial charge in [0.05, 0.1) is 0 Å². The second-order valence-corrected chi connectivity index (χ2v) is 6.54. The molecule has 23 heavy (non-hydrogen) atoms. The fourth-order valence-corrected chi connectivity index (χ4v) is 3.41. The highest BCUT2D eigenvalue weighted by Gasteiger charge is 2.27. The standard InChI is InChI=1S/C20H24N2O/c1-14-7-5-10-17(13-14)22-20(23)15(2)21-19-12-6-9-16-8-3-4-11-18(16)19/h3-5,7-8,10-11,13,15,19,21H,6,9,12H2,1-2H3,(H,22,23)/p+1/t15-,19-/m1/s1. The number of quaternary nitrogens is 1. The lowest BCUT2D eigenvalue weighted by molar-refractivity contribution is -0.714. The minimum absolute atomic E-state index is 0.0682. The van der Waals surface area contributed by atoms with Crippen molar-refractivity contribution in [2.75, 3.05) is 5.32 Å². The van der Waals surface area contributed by atoms with Crippen molar-refractivity contribution < 1.29 is 10.1 Å². The number of benzene rings is 2. The lowest BCUT2D eigenvalue weighted by Crippen LogP contribution is -2.92. The molecule has 1 aliphatic rings. The zero-order valence-corrected chi connectivity index (χ0v) is 13.9. The third-order valence-electron chi connectivity index (χ3n) is 4.64. The van der Waals surface area contributed by atoms with Gasteiger partial charge in [-0.15, -0.1) is 0 Å². The molecule has 0 aromatic heterocycles. The van der Waals surface area contributed by atoms with E-state index >= 15 is 0 Å². The zero-order chi connectivity index (χ0) is 16.2. The summed E-state index contributed by atoms with van der Waals surface area (Å²) >= 11 is 0. The number of nitrogens with one attached hydrogen (secondary N) is 1. The van der Waals surface area contributed by atoms with Crippen LogP contribution < -0.4 is 10.6 Å². The molecule has 3 rings (SSSR count). The van der Waals surface area contributed by atoms with Crippen molar-refractivity contribution in [3.05, 3.63) is 65.2 Å². The topological polar surface area (TPSA) is 45.7 Å². The molecule has 0 fully saturated rings. The van der Waals surface area contributed by atoms with Crippen LogP contribution in [-0.2, 0) is 11.2 Å². The summed E-state index contributed by atoms with van der Waals surface area (Å²) < 4.78 is 0. The van der Waals surface area contributed by atoms with Gasteiger partial charge >= 0.3 is 0 Å². The molecule has 0 aliphatic heterocycles. The molecule has 0 spiro atoms. The summed E-state index contributed by atoms with van der Waals surface area (Å²) in [6.45, 7) is 4.02. The van der Waals surface area contributed by atoms with E-state index in [9.17, 15) is 4.79 Å². The van der Waals surface area contributed by atoms with Crippen LogP contribution in [0.15, 0.2) is 48.5 Å². The Kier molecular flexibility index (Phi) is 4.77. The first-order chi connectivity index (χ1) is 11.1. The molecule has 2 atom stereocenters. The Hall–Kier alpha value is -2.13. The third kappa shape index (κ3) is 3.80. The lowest BCUT2D eigenvalue weighted by atomic mass is 9.87. The predicted octanol–water partition coefficient (Wildman–Crippen LogP) is 2.96. The Morgan fingerprint density at radius 3 is 2.87 bits per heavy atom. The molecule has 0 radical (unpaired) electrons. The van der Waals surface area contributed by atoms with Crippen LogP contribution in [0, 0.1) is 6.92 Å². The molecule has 3 N–H and O–H groups in total. The molecule has 120 valence electrons. The highest BCUT2D eigenvalue weighted by molar-refractivity contribution is 5.93. The molecule has 3 nitrogen and oxygen atoms in total. The fraction of sp³-hybridized carbons (Fsp3) is 0.350. The molecule has 1 aliphatic carbocycles. The summed E-state index contributed by atoms with van der Waals surface area (Å²) in [6, 6.07) is 16.9. The van der Waals surface area contributed by atoms with Gasteiger partial charge < -0.3 is 10.6 Å². The first kappa shape index (κ1) is 15.8. The molecule has 0 saturated carbocycles. The number of amides is 1. The first-order valence-corrected chi connectivity index (χ1v) is 8.44. The maximum atomic E-state index is 12.5. The average Bonchev–Trinajstić information content (AvgIpc) is 2.55. The molecule has 2 aromatic carbocycles. The molecule has 0 saturated heterocycles. The number of nitrogens with two attached hydrogens (primary N) is 1. The highest BCUT2D eigenvalue weighted by atomic mass is 16.2. The Morgan fingerprint density at radius 2 is 2.04 bits per heavy atom. The maximum absolute atomic E-state index is 12.5. The summed E-state index contributed by atoms with van der Waals surface area (Å²) in [6.07, 6.45) is 3.49.